The van der Waals surface area contributed by atoms with E-state index in [1.165, 1.54) is 5.56 Å². The van der Waals surface area contributed by atoms with Gasteiger partial charge in [0.15, 0.2) is 0 Å². The maximum absolute atomic E-state index is 9.28. The monoisotopic (exact) mass is 457 g/mol. The van der Waals surface area contributed by atoms with Crippen molar-refractivity contribution in [3.63, 3.8) is 0 Å². The zero-order valence-electron chi connectivity index (χ0n) is 19.1. The Kier molecular flexibility index (Phi) is 7.19. The van der Waals surface area contributed by atoms with E-state index in [-0.39, 0.29) is 0 Å². The van der Waals surface area contributed by atoms with E-state index in [4.69, 9.17) is 22.0 Å². The van der Waals surface area contributed by atoms with Crippen LogP contribution in [0, 0.1) is 48.9 Å². The summed E-state index contributed by atoms with van der Waals surface area (Å²) in [4.78, 5) is 0. The number of aliphatic hydroxyl groups excluding tert-OH is 1. The molecule has 33 heavy (non-hydrogen) atoms. The fourth-order valence-corrected chi connectivity index (χ4v) is 4.58. The number of nitriles is 1. The molecule has 4 nitrogen and oxygen atoms in total. The normalized spacial score (nSPS) is 17.8. The van der Waals surface area contributed by atoms with Gasteiger partial charge in [-0.05, 0) is 80.8 Å². The van der Waals surface area contributed by atoms with Crippen molar-refractivity contribution in [2.45, 2.75) is 46.1 Å². The summed E-state index contributed by atoms with van der Waals surface area (Å²) >= 11 is 6.23. The number of halogens is 1. The summed E-state index contributed by atoms with van der Waals surface area (Å²) in [6.07, 6.45) is 4.32. The number of aromatic nitrogens is 2. The van der Waals surface area contributed by atoms with Gasteiger partial charge in [0.05, 0.1) is 22.8 Å². The maximum Gasteiger partial charge on any atom is 0.101 e. The number of rotatable bonds is 4. The molecule has 1 aromatic heterocycles. The molecule has 3 aromatic rings. The number of hydrogen-bond acceptors (Lipinski definition) is 3. The Bertz CT molecular complexity index is 1230. The summed E-state index contributed by atoms with van der Waals surface area (Å²) in [5.74, 6) is 7.66. The number of benzene rings is 2. The van der Waals surface area contributed by atoms with E-state index in [0.29, 0.717) is 35.6 Å². The topological polar surface area (TPSA) is 61.8 Å². The van der Waals surface area contributed by atoms with Crippen LogP contribution in [0.5, 0.6) is 0 Å². The first-order valence-electron chi connectivity index (χ1n) is 11.4. The molecule has 168 valence electrons. The molecule has 5 heteroatoms. The molecule has 1 aliphatic rings. The highest BCUT2D eigenvalue weighted by molar-refractivity contribution is 6.32. The summed E-state index contributed by atoms with van der Waals surface area (Å²) < 4.78 is 2.01. The van der Waals surface area contributed by atoms with Gasteiger partial charge in [-0.2, -0.15) is 10.4 Å². The minimum absolute atomic E-state index is 0.305. The van der Waals surface area contributed by atoms with Crippen molar-refractivity contribution in [3.8, 4) is 29.2 Å². The lowest BCUT2D eigenvalue weighted by Gasteiger charge is -2.23. The standard InChI is InChI=1S/C28H28ClN3O/c1-19-20(2)32(31-28(19)25-13-14-26(16-30)27(29)15-25)17-23-9-5-21(6-10-23)3-4-22-7-11-24(18-33)12-8-22/h5-6,9-10,13-15,22,24,33H,7-8,11-12,17-18H2,1-2H3/t22-,24-. The van der Waals surface area contributed by atoms with Gasteiger partial charge in [0, 0.05) is 29.3 Å². The molecule has 0 bridgehead atoms. The molecule has 1 saturated carbocycles. The van der Waals surface area contributed by atoms with E-state index >= 15 is 0 Å². The molecule has 0 radical (unpaired) electrons. The van der Waals surface area contributed by atoms with Crippen LogP contribution in [0.4, 0.5) is 0 Å². The van der Waals surface area contributed by atoms with Crippen LogP contribution in [0.1, 0.15) is 53.6 Å². The largest absolute Gasteiger partial charge is 0.396 e. The highest BCUT2D eigenvalue weighted by Gasteiger charge is 2.19. The van der Waals surface area contributed by atoms with Crippen LogP contribution >= 0.6 is 11.6 Å². The van der Waals surface area contributed by atoms with Gasteiger partial charge >= 0.3 is 0 Å². The van der Waals surface area contributed by atoms with Crippen LogP contribution in [-0.4, -0.2) is 21.5 Å². The molecule has 1 aliphatic carbocycles. The first kappa shape index (κ1) is 23.1. The molecule has 1 heterocycles. The summed E-state index contributed by atoms with van der Waals surface area (Å²) in [7, 11) is 0. The van der Waals surface area contributed by atoms with Crippen molar-refractivity contribution in [1.29, 1.82) is 5.26 Å². The van der Waals surface area contributed by atoms with Gasteiger partial charge in [0.2, 0.25) is 0 Å². The van der Waals surface area contributed by atoms with Crippen LogP contribution in [0.25, 0.3) is 11.3 Å². The summed E-state index contributed by atoms with van der Waals surface area (Å²) in [5, 5.41) is 23.7. The number of nitrogens with zero attached hydrogens (tertiary/aromatic N) is 3. The van der Waals surface area contributed by atoms with Crippen molar-refractivity contribution < 1.29 is 5.11 Å². The second-order valence-corrected chi connectivity index (χ2v) is 9.30. The van der Waals surface area contributed by atoms with Crippen molar-refractivity contribution >= 4 is 11.6 Å². The Morgan fingerprint density at radius 3 is 2.45 bits per heavy atom. The van der Waals surface area contributed by atoms with E-state index in [0.717, 1.165) is 53.8 Å². The third-order valence-corrected chi connectivity index (χ3v) is 6.99. The van der Waals surface area contributed by atoms with Gasteiger partial charge in [-0.15, -0.1) is 0 Å². The zero-order valence-corrected chi connectivity index (χ0v) is 19.9. The van der Waals surface area contributed by atoms with E-state index in [1.807, 2.05) is 16.8 Å². The van der Waals surface area contributed by atoms with Gasteiger partial charge in [-0.1, -0.05) is 41.6 Å². The van der Waals surface area contributed by atoms with Crippen LogP contribution in [0.3, 0.4) is 0 Å². The predicted octanol–water partition coefficient (Wildman–Crippen LogP) is 5.89. The van der Waals surface area contributed by atoms with E-state index < -0.39 is 0 Å². The summed E-state index contributed by atoms with van der Waals surface area (Å²) in [6, 6.07) is 15.9. The van der Waals surface area contributed by atoms with Crippen LogP contribution < -0.4 is 0 Å². The Hall–Kier alpha value is -3.05. The summed E-state index contributed by atoms with van der Waals surface area (Å²) in [6.45, 7) is 5.12. The first-order valence-corrected chi connectivity index (χ1v) is 11.8. The van der Waals surface area contributed by atoms with E-state index in [1.54, 1.807) is 6.07 Å². The lowest BCUT2D eigenvalue weighted by Crippen LogP contribution is -2.16. The molecule has 0 aliphatic heterocycles. The fourth-order valence-electron chi connectivity index (χ4n) is 4.36. The molecule has 1 fully saturated rings. The van der Waals surface area contributed by atoms with Crippen LogP contribution in [0.2, 0.25) is 5.02 Å². The molecule has 0 spiro atoms. The molecular formula is C28H28ClN3O. The average Bonchev–Trinajstić information content (AvgIpc) is 3.12. The van der Waals surface area contributed by atoms with Gasteiger partial charge in [0.25, 0.3) is 0 Å². The second kappa shape index (κ2) is 10.3. The molecule has 4 rings (SSSR count). The lowest BCUT2D eigenvalue weighted by molar-refractivity contribution is 0.179. The van der Waals surface area contributed by atoms with Crippen LogP contribution in [-0.2, 0) is 6.54 Å². The molecule has 0 atom stereocenters. The first-order chi connectivity index (χ1) is 16.0. The van der Waals surface area contributed by atoms with E-state index in [9.17, 15) is 5.11 Å². The fraction of sp³-hybridized carbons (Fsp3) is 0.357. The van der Waals surface area contributed by atoms with Crippen molar-refractivity contribution in [2.24, 2.45) is 11.8 Å². The van der Waals surface area contributed by atoms with Gasteiger partial charge in [0.1, 0.15) is 6.07 Å². The third kappa shape index (κ3) is 5.31. The molecule has 0 saturated heterocycles. The van der Waals surface area contributed by atoms with Gasteiger partial charge in [-0.25, -0.2) is 0 Å². The Labute approximate surface area is 200 Å². The van der Waals surface area contributed by atoms with Crippen molar-refractivity contribution in [1.82, 2.24) is 9.78 Å². The highest BCUT2D eigenvalue weighted by atomic mass is 35.5. The highest BCUT2D eigenvalue weighted by Crippen LogP contribution is 2.29. The number of aliphatic hydroxyl groups is 1. The predicted molar refractivity (Wildman–Crippen MR) is 132 cm³/mol. The maximum atomic E-state index is 9.28. The number of hydrogen-bond donors (Lipinski definition) is 1. The second-order valence-electron chi connectivity index (χ2n) is 8.89. The van der Waals surface area contributed by atoms with E-state index in [2.05, 4.69) is 56.0 Å². The molecular weight excluding hydrogens is 430 g/mol. The quantitative estimate of drug-likeness (QED) is 0.497. The van der Waals surface area contributed by atoms with Crippen LogP contribution in [0.15, 0.2) is 42.5 Å². The zero-order chi connectivity index (χ0) is 23.4. The minimum atomic E-state index is 0.305. The molecule has 1 N–H and O–H groups in total. The minimum Gasteiger partial charge on any atom is -0.396 e. The Balaban J connectivity index is 1.46. The van der Waals surface area contributed by atoms with Crippen molar-refractivity contribution in [3.05, 3.63) is 75.4 Å². The Morgan fingerprint density at radius 2 is 1.82 bits per heavy atom. The van der Waals surface area contributed by atoms with Gasteiger partial charge < -0.3 is 5.11 Å². The SMILES string of the molecule is Cc1c(-c2ccc(C#N)c(Cl)c2)nn(Cc2ccc(C#C[C@H]3CC[C@H](CO)CC3)cc2)c1C. The van der Waals surface area contributed by atoms with Crippen molar-refractivity contribution in [2.75, 3.05) is 6.61 Å². The average molecular weight is 458 g/mol. The Morgan fingerprint density at radius 1 is 1.09 bits per heavy atom. The smallest absolute Gasteiger partial charge is 0.101 e. The molecule has 0 amide bonds. The third-order valence-electron chi connectivity index (χ3n) is 6.68. The molecule has 0 unspecified atom stereocenters. The lowest BCUT2D eigenvalue weighted by atomic mass is 9.83. The summed E-state index contributed by atoms with van der Waals surface area (Å²) in [5.41, 5.74) is 6.68. The molecule has 2 aromatic carbocycles. The van der Waals surface area contributed by atoms with Gasteiger partial charge in [-0.3, -0.25) is 4.68 Å².